The van der Waals surface area contributed by atoms with Crippen LogP contribution in [0.25, 0.3) is 0 Å². The van der Waals surface area contributed by atoms with Gasteiger partial charge in [0.15, 0.2) is 0 Å². The lowest BCUT2D eigenvalue weighted by atomic mass is 10.1. The second-order valence-electron chi connectivity index (χ2n) is 6.68. The number of rotatable bonds is 6. The van der Waals surface area contributed by atoms with Crippen molar-refractivity contribution in [2.75, 3.05) is 12.4 Å². The molecule has 4 amide bonds. The molecule has 0 aliphatic carbocycles. The van der Waals surface area contributed by atoms with Crippen molar-refractivity contribution >= 4 is 46.1 Å². The van der Waals surface area contributed by atoms with Crippen LogP contribution in [0.3, 0.4) is 0 Å². The van der Waals surface area contributed by atoms with Gasteiger partial charge in [-0.3, -0.25) is 9.59 Å². The number of benzene rings is 2. The molecule has 1 heterocycles. The quantitative estimate of drug-likeness (QED) is 0.396. The summed E-state index contributed by atoms with van der Waals surface area (Å²) >= 11 is 1.94. The Hall–Kier alpha value is -2.73. The Labute approximate surface area is 185 Å². The van der Waals surface area contributed by atoms with E-state index in [1.54, 1.807) is 6.07 Å². The number of amides is 4. The monoisotopic (exact) mass is 527 g/mol. The van der Waals surface area contributed by atoms with Crippen LogP contribution in [0.2, 0.25) is 0 Å². The number of imide groups is 1. The van der Waals surface area contributed by atoms with E-state index in [1.165, 1.54) is 50.4 Å². The topological polar surface area (TPSA) is 108 Å². The highest BCUT2D eigenvalue weighted by molar-refractivity contribution is 14.1. The predicted molar refractivity (Wildman–Crippen MR) is 114 cm³/mol. The molecule has 0 aromatic heterocycles. The van der Waals surface area contributed by atoms with Crippen molar-refractivity contribution in [3.8, 4) is 5.75 Å². The van der Waals surface area contributed by atoms with Gasteiger partial charge in [0.1, 0.15) is 23.7 Å². The first-order valence-corrected chi connectivity index (χ1v) is 10.0. The Balaban J connectivity index is 1.89. The minimum absolute atomic E-state index is 0.0113. The number of hydrogen-bond donors (Lipinski definition) is 3. The molecule has 3 rings (SSSR count). The van der Waals surface area contributed by atoms with E-state index in [9.17, 15) is 23.9 Å². The van der Waals surface area contributed by atoms with Crippen LogP contribution in [0.5, 0.6) is 5.75 Å². The first-order valence-electron chi connectivity index (χ1n) is 8.94. The molecule has 1 unspecified atom stereocenters. The third-order valence-electron chi connectivity index (χ3n) is 4.75. The highest BCUT2D eigenvalue weighted by Gasteiger charge is 2.47. The Kier molecular flexibility index (Phi) is 6.56. The van der Waals surface area contributed by atoms with E-state index in [1.807, 2.05) is 22.6 Å². The van der Waals surface area contributed by atoms with Crippen molar-refractivity contribution in [1.29, 1.82) is 0 Å². The van der Waals surface area contributed by atoms with Crippen molar-refractivity contribution in [3.05, 3.63) is 57.4 Å². The number of phenols is 1. The zero-order valence-corrected chi connectivity index (χ0v) is 18.2. The van der Waals surface area contributed by atoms with E-state index >= 15 is 0 Å². The largest absolute Gasteiger partial charge is 0.508 e. The molecule has 0 spiro atoms. The van der Waals surface area contributed by atoms with E-state index in [0.29, 0.717) is 9.13 Å². The summed E-state index contributed by atoms with van der Waals surface area (Å²) in [5, 5.41) is 14.4. The van der Waals surface area contributed by atoms with Gasteiger partial charge in [0.05, 0.1) is 11.8 Å². The van der Waals surface area contributed by atoms with E-state index < -0.39 is 41.9 Å². The molecule has 1 aliphatic heterocycles. The fraction of sp³-hybridized carbons (Fsp3) is 0.250. The van der Waals surface area contributed by atoms with Crippen molar-refractivity contribution in [3.63, 3.8) is 0 Å². The minimum Gasteiger partial charge on any atom is -0.508 e. The Morgan fingerprint density at radius 1 is 1.27 bits per heavy atom. The average Bonchev–Trinajstić information content (AvgIpc) is 2.99. The number of nitrogens with zero attached hydrogens (tertiary/aromatic N) is 1. The molecule has 0 radical (unpaired) electrons. The van der Waals surface area contributed by atoms with Crippen LogP contribution in [0.1, 0.15) is 18.5 Å². The summed E-state index contributed by atoms with van der Waals surface area (Å²) in [6.07, 6.45) is -0.856. The van der Waals surface area contributed by atoms with Crippen LogP contribution in [0.4, 0.5) is 14.9 Å². The van der Waals surface area contributed by atoms with Gasteiger partial charge < -0.3 is 20.5 Å². The number of halogens is 2. The standard InChI is InChI=1S/C20H19FIN3O5/c1-10(30-2)17(18(27)23-15-8-5-12(22)9-14(15)21)25-19(28)16(24-20(25)29)11-3-6-13(26)7-4-11/h3-10,16-17,26H,1-2H3,(H,23,27)(H,24,29)/t10-,16?,17+/m1/s1. The fourth-order valence-electron chi connectivity index (χ4n) is 3.12. The molecule has 8 nitrogen and oxygen atoms in total. The van der Waals surface area contributed by atoms with Gasteiger partial charge in [0.25, 0.3) is 11.8 Å². The number of ether oxygens (including phenoxy) is 1. The molecule has 3 atom stereocenters. The van der Waals surface area contributed by atoms with Gasteiger partial charge in [-0.25, -0.2) is 14.1 Å². The van der Waals surface area contributed by atoms with Crippen LogP contribution < -0.4 is 10.6 Å². The normalized spacial score (nSPS) is 18.1. The number of anilines is 1. The Morgan fingerprint density at radius 3 is 2.53 bits per heavy atom. The molecular weight excluding hydrogens is 508 g/mol. The zero-order valence-electron chi connectivity index (χ0n) is 16.1. The molecule has 0 saturated carbocycles. The number of hydrogen-bond acceptors (Lipinski definition) is 5. The number of carbonyl (C=O) groups excluding carboxylic acids is 3. The van der Waals surface area contributed by atoms with Crippen molar-refractivity contribution < 1.29 is 28.6 Å². The molecule has 1 fully saturated rings. The van der Waals surface area contributed by atoms with Crippen molar-refractivity contribution in [2.24, 2.45) is 0 Å². The summed E-state index contributed by atoms with van der Waals surface area (Å²) in [5.41, 5.74) is 0.373. The SMILES string of the molecule is CO[C@H](C)[C@@H](C(=O)Nc1ccc(I)cc1F)N1C(=O)NC(c2ccc(O)cc2)C1=O. The summed E-state index contributed by atoms with van der Waals surface area (Å²) in [6, 6.07) is 6.91. The van der Waals surface area contributed by atoms with Gasteiger partial charge in [0.2, 0.25) is 0 Å². The van der Waals surface area contributed by atoms with Gasteiger partial charge >= 0.3 is 6.03 Å². The Bertz CT molecular complexity index is 985. The fourth-order valence-corrected chi connectivity index (χ4v) is 3.57. The second-order valence-corrected chi connectivity index (χ2v) is 7.93. The third kappa shape index (κ3) is 4.38. The second kappa shape index (κ2) is 8.96. The number of phenolic OH excluding ortho intramolecular Hbond substituents is 1. The molecule has 1 saturated heterocycles. The molecular formula is C20H19FIN3O5. The smallest absolute Gasteiger partial charge is 0.325 e. The number of carbonyl (C=O) groups is 3. The van der Waals surface area contributed by atoms with E-state index in [4.69, 9.17) is 4.74 Å². The van der Waals surface area contributed by atoms with Crippen LogP contribution in [0, 0.1) is 9.39 Å². The Morgan fingerprint density at radius 2 is 1.93 bits per heavy atom. The molecule has 30 heavy (non-hydrogen) atoms. The van der Waals surface area contributed by atoms with Crippen LogP contribution in [0.15, 0.2) is 42.5 Å². The molecule has 158 valence electrons. The number of aromatic hydroxyl groups is 1. The molecule has 1 aliphatic rings. The molecule has 2 aromatic rings. The molecule has 2 aromatic carbocycles. The van der Waals surface area contributed by atoms with Crippen LogP contribution >= 0.6 is 22.6 Å². The number of nitrogens with one attached hydrogen (secondary N) is 2. The number of methoxy groups -OCH3 is 1. The minimum atomic E-state index is -1.33. The van der Waals surface area contributed by atoms with E-state index in [2.05, 4.69) is 10.6 Å². The van der Waals surface area contributed by atoms with Gasteiger partial charge in [-0.15, -0.1) is 0 Å². The van der Waals surface area contributed by atoms with Gasteiger partial charge in [-0.05, 0) is 65.4 Å². The van der Waals surface area contributed by atoms with Crippen molar-refractivity contribution in [1.82, 2.24) is 10.2 Å². The third-order valence-corrected chi connectivity index (χ3v) is 5.42. The number of urea groups is 1. The molecule has 0 bridgehead atoms. The van der Waals surface area contributed by atoms with Gasteiger partial charge in [-0.1, -0.05) is 12.1 Å². The zero-order chi connectivity index (χ0) is 22.0. The van der Waals surface area contributed by atoms with E-state index in [0.717, 1.165) is 4.90 Å². The van der Waals surface area contributed by atoms with Gasteiger partial charge in [0, 0.05) is 10.7 Å². The lowest BCUT2D eigenvalue weighted by molar-refractivity contribution is -0.137. The van der Waals surface area contributed by atoms with Crippen LogP contribution in [-0.4, -0.2) is 47.1 Å². The summed E-state index contributed by atoms with van der Waals surface area (Å²) in [6.45, 7) is 1.53. The lowest BCUT2D eigenvalue weighted by Crippen LogP contribution is -2.53. The lowest BCUT2D eigenvalue weighted by Gasteiger charge is -2.28. The maximum Gasteiger partial charge on any atom is 0.325 e. The van der Waals surface area contributed by atoms with Crippen molar-refractivity contribution in [2.45, 2.75) is 25.1 Å². The summed E-state index contributed by atoms with van der Waals surface area (Å²) in [4.78, 5) is 39.3. The first kappa shape index (κ1) is 22.0. The molecule has 3 N–H and O–H groups in total. The summed E-state index contributed by atoms with van der Waals surface area (Å²) in [7, 11) is 1.34. The molecule has 10 heteroatoms. The highest BCUT2D eigenvalue weighted by atomic mass is 127. The summed E-state index contributed by atoms with van der Waals surface area (Å²) < 4.78 is 20.0. The maximum atomic E-state index is 14.2. The highest BCUT2D eigenvalue weighted by Crippen LogP contribution is 2.27. The first-order chi connectivity index (χ1) is 14.2. The summed E-state index contributed by atoms with van der Waals surface area (Å²) in [5.74, 6) is -2.05. The van der Waals surface area contributed by atoms with Gasteiger partial charge in [-0.2, -0.15) is 0 Å². The predicted octanol–water partition coefficient (Wildman–Crippen LogP) is 2.77. The maximum absolute atomic E-state index is 14.2. The average molecular weight is 527 g/mol. The van der Waals surface area contributed by atoms with Crippen LogP contribution in [-0.2, 0) is 14.3 Å². The van der Waals surface area contributed by atoms with E-state index in [-0.39, 0.29) is 11.4 Å².